The van der Waals surface area contributed by atoms with E-state index in [9.17, 15) is 58.8 Å². The Hall–Kier alpha value is -14.8. The number of carboxylic acid groups (broad SMARTS) is 2. The molecule has 6 rings (SSSR count). The van der Waals surface area contributed by atoms with Crippen LogP contribution in [0.2, 0.25) is 0 Å². The van der Waals surface area contributed by atoms with Gasteiger partial charge in [0.25, 0.3) is 0 Å². The molecule has 50 heteroatoms. The standard InChI is InChI=1S/C99H147N25O24S/c1-53(2)41-68-87(137)112-67(27-17-39-108-98(104)105)86(136)116-71(43-57-20-10-8-11-21-57)91(141)124-81(55(5)6)96(146)121-75(49-126)93(143)122-76(94(144)120-74(48-125)82(101)132)51-149-52-77(127)110-64(26-16-38-107-97(102)103)83(133)115-69(45-59-31-35-63(36-32-59)148-50-79(130)131)89(139)118-73(47-78(128)129)90(140)117-72(46-60-22-14-19-56(7)42-60)92(142)123-80(54(3)4)95(145)119-70(44-58-29-33-62(34-30-58)61-23-12-9-13-24-61)88(138)113-66(28-18-40-109-99(106)147)84(134)111-65(25-15-37-100)85(135)114-68/h9,12-14,19,22-24,29-36,42,53-55,57,64-76,80-81,125-126H,8,10-11,15-18,20-21,25-28,37-41,43-52,100H2,1-7H3,(H2,101,132)(H,110,127)(H,111,134)(H,112,137)(H,113,138)(H,114,135)(H,115,133)(H,116,136)(H,117,140)(H,118,139)(H,119,145)(H,120,144)(H,121,146)(H,122,143)(H,123,142)(H,124,141)(H,128,129)(H,130,131)(H4,102,103,107)(H4,104,105,108)(H3,106,109,147)/t64-,65-,66-,67-,68+,69-,70-,71-,72-,73-,74-,75-,76-,80-,81-/m0/s1. The van der Waals surface area contributed by atoms with Gasteiger partial charge < -0.3 is 150 Å². The third kappa shape index (κ3) is 44.4. The number of hydrogen-bond donors (Lipinski definition) is 29. The smallest absolute Gasteiger partial charge is 0.341 e. The van der Waals surface area contributed by atoms with Crippen molar-refractivity contribution in [3.8, 4) is 16.9 Å². The average molecular weight is 2100 g/mol. The monoisotopic (exact) mass is 2100 g/mol. The van der Waals surface area contributed by atoms with E-state index in [4.69, 9.17) is 44.2 Å². The summed E-state index contributed by atoms with van der Waals surface area (Å²) in [6.07, 6.45) is -0.103. The van der Waals surface area contributed by atoms with Gasteiger partial charge in [-0.25, -0.2) is 9.59 Å². The van der Waals surface area contributed by atoms with E-state index in [0.717, 1.165) is 30.4 Å². The van der Waals surface area contributed by atoms with Crippen molar-refractivity contribution < 1.29 is 116 Å². The molecule has 2 fully saturated rings. The van der Waals surface area contributed by atoms with Crippen molar-refractivity contribution >= 4 is 136 Å². The molecule has 1 saturated heterocycles. The van der Waals surface area contributed by atoms with Crippen molar-refractivity contribution in [3.63, 3.8) is 0 Å². The molecule has 0 spiro atoms. The maximum Gasteiger partial charge on any atom is 0.341 e. The van der Waals surface area contributed by atoms with Crippen LogP contribution in [0, 0.1) is 41.4 Å². The number of nitrogens with one attached hydrogen (secondary N) is 20. The lowest BCUT2D eigenvalue weighted by atomic mass is 9.84. The van der Waals surface area contributed by atoms with Gasteiger partial charge in [0.05, 0.1) is 25.4 Å². The summed E-state index contributed by atoms with van der Waals surface area (Å²) >= 11 is 0.609. The molecule has 818 valence electrons. The van der Waals surface area contributed by atoms with Crippen molar-refractivity contribution in [3.05, 3.63) is 125 Å². The van der Waals surface area contributed by atoms with Crippen LogP contribution in [0.15, 0.2) is 103 Å². The van der Waals surface area contributed by atoms with Gasteiger partial charge in [-0.05, 0) is 141 Å². The molecule has 18 amide bonds. The van der Waals surface area contributed by atoms with E-state index >= 15 is 52.7 Å². The number of carboxylic acids is 2. The number of rotatable bonds is 38. The van der Waals surface area contributed by atoms with Crippen LogP contribution in [-0.2, 0) is 106 Å². The number of carbonyl (C=O) groups excluding carboxylic acids is 17. The number of aliphatic hydroxyl groups excluding tert-OH is 2. The summed E-state index contributed by atoms with van der Waals surface area (Å²) in [6.45, 7) is 7.91. The maximum absolute atomic E-state index is 15.6. The number of nitrogens with two attached hydrogens (primary N) is 5. The van der Waals surface area contributed by atoms with Gasteiger partial charge in [0, 0.05) is 44.6 Å². The first-order valence-electron chi connectivity index (χ1n) is 49.6. The molecular weight excluding hydrogens is 1960 g/mol. The number of ether oxygens (including phenoxy) is 1. The summed E-state index contributed by atoms with van der Waals surface area (Å²) in [7, 11) is 0. The Morgan fingerprint density at radius 1 is 0.443 bits per heavy atom. The molecule has 149 heavy (non-hydrogen) atoms. The van der Waals surface area contributed by atoms with Crippen LogP contribution >= 0.6 is 11.8 Å². The number of guanidine groups is 2. The van der Waals surface area contributed by atoms with Gasteiger partial charge >= 0.3 is 18.0 Å². The van der Waals surface area contributed by atoms with Crippen LogP contribution in [0.25, 0.3) is 11.1 Å². The van der Waals surface area contributed by atoms with E-state index in [1.807, 2.05) is 30.3 Å². The topological polar surface area (TPSA) is 809 Å². The largest absolute Gasteiger partial charge is 0.482 e. The van der Waals surface area contributed by atoms with E-state index < -0.39 is 277 Å². The molecule has 0 radical (unpaired) electrons. The second-order valence-electron chi connectivity index (χ2n) is 37.9. The minimum atomic E-state index is -2.15. The van der Waals surface area contributed by atoms with Crippen LogP contribution in [0.4, 0.5) is 4.79 Å². The zero-order chi connectivity index (χ0) is 110. The van der Waals surface area contributed by atoms with Gasteiger partial charge in [-0.1, -0.05) is 170 Å². The van der Waals surface area contributed by atoms with E-state index in [0.29, 0.717) is 41.3 Å². The zero-order valence-electron chi connectivity index (χ0n) is 84.8. The SMILES string of the molecule is Cc1cccc(C[C@@H]2NC(=O)[C@H](CC(=O)O)NC(=O)[C@H](Cc3ccc(OCC(=O)O)cc3)NC(=O)[C@H](CCCNC(=N)N)NC(=O)CSC[C@@H](C(=O)N[C@@H](CO)C(N)=O)NC(=O)[C@H](CO)NC(=O)[C@H](C(C)C)NC(=O)[C@H](CC3CCCCC3)NC(=O)[C@H](CCCNC(=N)N)NC(=O)[C@@H](CC(C)C)NC(=O)[C@H](CCCN)NC(=O)[C@H](CCCNC(N)=O)NC(=O)[C@H](Cc3ccc(-c4ccccc4)cc3)NC(=O)[C@H](C(C)C)NC2=O)c1. The number of aliphatic hydroxyl groups is 2. The number of carbonyl (C=O) groups is 19. The molecule has 4 aromatic rings. The third-order valence-electron chi connectivity index (χ3n) is 24.4. The molecule has 49 nitrogen and oxygen atoms in total. The quantitative estimate of drug-likeness (QED) is 0.0116. The second kappa shape index (κ2) is 63.7. The van der Waals surface area contributed by atoms with Crippen molar-refractivity contribution in [1.29, 1.82) is 10.8 Å². The van der Waals surface area contributed by atoms with Gasteiger partial charge in [0.15, 0.2) is 18.5 Å². The summed E-state index contributed by atoms with van der Waals surface area (Å²) < 4.78 is 5.31. The highest BCUT2D eigenvalue weighted by Gasteiger charge is 2.42. The van der Waals surface area contributed by atoms with E-state index in [-0.39, 0.29) is 120 Å². The molecule has 34 N–H and O–H groups in total. The summed E-state index contributed by atoms with van der Waals surface area (Å²) in [5, 5.41) is 103. The Labute approximate surface area is 867 Å². The van der Waals surface area contributed by atoms with Gasteiger partial charge in [0.2, 0.25) is 94.5 Å². The molecule has 0 unspecified atom stereocenters. The molecule has 2 aliphatic rings. The van der Waals surface area contributed by atoms with Crippen LogP contribution in [0.5, 0.6) is 5.75 Å². The fourth-order valence-electron chi connectivity index (χ4n) is 16.5. The highest BCUT2D eigenvalue weighted by molar-refractivity contribution is 8.00. The Morgan fingerprint density at radius 2 is 0.859 bits per heavy atom. The van der Waals surface area contributed by atoms with Gasteiger partial charge in [0.1, 0.15) is 96.4 Å². The molecule has 1 heterocycles. The Kier molecular flexibility index (Phi) is 52.5. The summed E-state index contributed by atoms with van der Waals surface area (Å²) in [4.78, 5) is 275. The highest BCUT2D eigenvalue weighted by Crippen LogP contribution is 2.29. The highest BCUT2D eigenvalue weighted by atomic mass is 32.2. The van der Waals surface area contributed by atoms with Crippen LogP contribution < -0.4 is 129 Å². The summed E-state index contributed by atoms with van der Waals surface area (Å²) in [6, 6.07) is 1.44. The zero-order valence-corrected chi connectivity index (χ0v) is 85.6. The van der Waals surface area contributed by atoms with Crippen molar-refractivity contribution in [2.24, 2.45) is 52.3 Å². The number of primary amides is 2. The second-order valence-corrected chi connectivity index (χ2v) is 38.9. The minimum absolute atomic E-state index is 0.0171. The first-order valence-corrected chi connectivity index (χ1v) is 50.8. The number of urea groups is 1. The number of thioether (sulfide) groups is 1. The average Bonchev–Trinajstić information content (AvgIpc) is 0.835. The molecule has 0 bridgehead atoms. The van der Waals surface area contributed by atoms with Gasteiger partial charge in [-0.15, -0.1) is 11.8 Å². The first-order chi connectivity index (χ1) is 70.7. The van der Waals surface area contributed by atoms with Crippen LogP contribution in [0.3, 0.4) is 0 Å². The molecule has 15 atom stereocenters. The summed E-state index contributed by atoms with van der Waals surface area (Å²) in [5.41, 5.74) is 31.5. The van der Waals surface area contributed by atoms with Crippen molar-refractivity contribution in [2.45, 2.75) is 261 Å². The Bertz CT molecular complexity index is 5210. The number of benzene rings is 4. The van der Waals surface area contributed by atoms with Crippen molar-refractivity contribution in [1.82, 2.24) is 95.7 Å². The fraction of sp³-hybridized carbons (Fsp3) is 0.545. The first kappa shape index (κ1) is 123. The molecule has 0 aromatic heterocycles. The molecule has 4 aromatic carbocycles. The van der Waals surface area contributed by atoms with Crippen LogP contribution in [0.1, 0.15) is 167 Å². The van der Waals surface area contributed by atoms with Gasteiger partial charge in [-0.2, -0.15) is 0 Å². The predicted molar refractivity (Wildman–Crippen MR) is 549 cm³/mol. The maximum atomic E-state index is 15.6. The lowest BCUT2D eigenvalue weighted by Crippen LogP contribution is -2.62. The third-order valence-corrected chi connectivity index (χ3v) is 25.5. The fourth-order valence-corrected chi connectivity index (χ4v) is 17.3. The van der Waals surface area contributed by atoms with Crippen LogP contribution in [-0.4, -0.2) is 293 Å². The predicted octanol–water partition coefficient (Wildman–Crippen LogP) is -3.84. The lowest BCUT2D eigenvalue weighted by molar-refractivity contribution is -0.142. The molecule has 1 aliphatic carbocycles. The molecule has 1 aliphatic heterocycles. The van der Waals surface area contributed by atoms with E-state index in [1.165, 1.54) is 52.0 Å². The summed E-state index contributed by atoms with van der Waals surface area (Å²) in [5.74, 6) is -25.0. The van der Waals surface area contributed by atoms with Gasteiger partial charge in [-0.3, -0.25) is 92.3 Å². The molecule has 1 saturated carbocycles. The Morgan fingerprint density at radius 3 is 1.32 bits per heavy atom. The minimum Gasteiger partial charge on any atom is -0.482 e. The lowest BCUT2D eigenvalue weighted by Gasteiger charge is -2.31. The molecular formula is C99H147N25O24S. The normalized spacial score (nSPS) is 22.7. The van der Waals surface area contributed by atoms with E-state index in [1.54, 1.807) is 69.3 Å². The number of amides is 18. The number of hydrogen-bond acceptors (Lipinski definition) is 26. The van der Waals surface area contributed by atoms with Crippen molar-refractivity contribution in [2.75, 3.05) is 57.5 Å². The number of aryl methyl sites for hydroxylation is 1. The Balaban J connectivity index is 1.55. The van der Waals surface area contributed by atoms with E-state index in [2.05, 4.69) is 95.7 Å². The number of aliphatic carboxylic acids is 2.